The zero-order chi connectivity index (χ0) is 36.8. The Bertz CT molecular complexity index is 2040. The number of benzene rings is 2. The zero-order valence-electron chi connectivity index (χ0n) is 28.1. The van der Waals surface area contributed by atoms with E-state index in [1.807, 2.05) is 20.8 Å². The van der Waals surface area contributed by atoms with Gasteiger partial charge in [0.15, 0.2) is 9.84 Å². The van der Waals surface area contributed by atoms with Crippen molar-refractivity contribution in [3.63, 3.8) is 0 Å². The minimum absolute atomic E-state index is 0.0283. The standard InChI is InChI=1S/C35H35F4N5O5S/c1-33(2,3)30-13-22(16-41-43-30)24-14-28-29(15-25(24)36)50(47,48)19-27(42-32(46)49-34(4,5)6)31(45)44(28)18-20-7-9-21(10-8-20)26-12-11-23(17-40-26)35(37,38)39/h7-17,27H,18-19H2,1-6H3,(H,42,46)/t27-/m0/s1. The molecule has 0 fully saturated rings. The van der Waals surface area contributed by atoms with E-state index in [1.165, 1.54) is 18.3 Å². The first-order valence-corrected chi connectivity index (χ1v) is 17.1. The molecule has 5 rings (SSSR count). The number of sulfone groups is 1. The van der Waals surface area contributed by atoms with E-state index in [1.54, 1.807) is 51.1 Å². The number of hydrogen-bond donors (Lipinski definition) is 1. The summed E-state index contributed by atoms with van der Waals surface area (Å²) in [5, 5.41) is 10.5. The molecular weight excluding hydrogens is 678 g/mol. The summed E-state index contributed by atoms with van der Waals surface area (Å²) < 4.78 is 87.7. The van der Waals surface area contributed by atoms with Gasteiger partial charge in [0.05, 0.1) is 46.0 Å². The molecule has 3 heterocycles. The van der Waals surface area contributed by atoms with Gasteiger partial charge in [-0.3, -0.25) is 9.78 Å². The molecule has 4 aromatic rings. The molecule has 50 heavy (non-hydrogen) atoms. The molecule has 0 aliphatic carbocycles. The van der Waals surface area contributed by atoms with Crippen LogP contribution in [0.15, 0.2) is 71.9 Å². The van der Waals surface area contributed by atoms with Crippen LogP contribution >= 0.6 is 0 Å². The summed E-state index contributed by atoms with van der Waals surface area (Å²) in [7, 11) is -4.37. The molecule has 2 aromatic carbocycles. The number of carbonyl (C=O) groups excluding carboxylic acids is 2. The number of ether oxygens (including phenoxy) is 1. The summed E-state index contributed by atoms with van der Waals surface area (Å²) in [6.45, 7) is 10.3. The Kier molecular flexibility index (Phi) is 9.51. The third-order valence-electron chi connectivity index (χ3n) is 7.73. The average Bonchev–Trinajstić information content (AvgIpc) is 3.08. The van der Waals surface area contributed by atoms with Crippen LogP contribution in [0.25, 0.3) is 22.4 Å². The van der Waals surface area contributed by atoms with Crippen LogP contribution in [0.5, 0.6) is 0 Å². The lowest BCUT2D eigenvalue weighted by molar-refractivity contribution is -0.137. The first kappa shape index (κ1) is 36.4. The van der Waals surface area contributed by atoms with Gasteiger partial charge >= 0.3 is 12.3 Å². The van der Waals surface area contributed by atoms with Gasteiger partial charge in [0, 0.05) is 28.3 Å². The van der Waals surface area contributed by atoms with Gasteiger partial charge in [0.25, 0.3) is 5.91 Å². The predicted molar refractivity (Wildman–Crippen MR) is 177 cm³/mol. The topological polar surface area (TPSA) is 131 Å². The van der Waals surface area contributed by atoms with E-state index in [4.69, 9.17) is 4.74 Å². The molecule has 1 N–H and O–H groups in total. The molecule has 0 bridgehead atoms. The van der Waals surface area contributed by atoms with Gasteiger partial charge < -0.3 is 15.0 Å². The molecule has 2 aromatic heterocycles. The van der Waals surface area contributed by atoms with E-state index in [-0.39, 0.29) is 23.5 Å². The van der Waals surface area contributed by atoms with Gasteiger partial charge in [-0.15, -0.1) is 0 Å². The van der Waals surface area contributed by atoms with Crippen LogP contribution in [-0.4, -0.2) is 53.0 Å². The molecule has 15 heteroatoms. The number of anilines is 1. The molecule has 264 valence electrons. The van der Waals surface area contributed by atoms with Gasteiger partial charge in [0.2, 0.25) is 0 Å². The van der Waals surface area contributed by atoms with Crippen LogP contribution in [0.1, 0.15) is 58.4 Å². The average molecular weight is 714 g/mol. The molecule has 0 spiro atoms. The largest absolute Gasteiger partial charge is 0.444 e. The van der Waals surface area contributed by atoms with E-state index in [0.29, 0.717) is 22.4 Å². The lowest BCUT2D eigenvalue weighted by atomic mass is 9.90. The third-order valence-corrected chi connectivity index (χ3v) is 9.50. The van der Waals surface area contributed by atoms with Crippen LogP contribution in [0, 0.1) is 5.82 Å². The van der Waals surface area contributed by atoms with Crippen molar-refractivity contribution in [3.8, 4) is 22.4 Å². The number of halogens is 4. The van der Waals surface area contributed by atoms with Crippen LogP contribution in [-0.2, 0) is 37.5 Å². The van der Waals surface area contributed by atoms with E-state index < -0.39 is 67.1 Å². The number of amides is 2. The van der Waals surface area contributed by atoms with Crippen LogP contribution in [0.4, 0.5) is 28.0 Å². The molecule has 10 nitrogen and oxygen atoms in total. The SMILES string of the molecule is CC(C)(C)OC(=O)N[C@H]1CS(=O)(=O)c2cc(F)c(-c3cnnc(C(C)(C)C)c3)cc2N(Cc2ccc(-c3ccc(C(F)(F)F)cn3)cc2)C1=O. The number of nitrogens with zero attached hydrogens (tertiary/aromatic N) is 4. The zero-order valence-corrected chi connectivity index (χ0v) is 28.9. The summed E-state index contributed by atoms with van der Waals surface area (Å²) >= 11 is 0. The quantitative estimate of drug-likeness (QED) is 0.222. The van der Waals surface area contributed by atoms with Crippen LogP contribution in [0.3, 0.4) is 0 Å². The Labute approximate surface area is 286 Å². The summed E-state index contributed by atoms with van der Waals surface area (Å²) in [6, 6.07) is 10.7. The van der Waals surface area contributed by atoms with Crippen molar-refractivity contribution >= 4 is 27.5 Å². The number of aromatic nitrogens is 3. The third kappa shape index (κ3) is 8.09. The second kappa shape index (κ2) is 13.1. The Hall–Kier alpha value is -4.92. The number of fused-ring (bicyclic) bond motifs is 1. The predicted octanol–water partition coefficient (Wildman–Crippen LogP) is 6.87. The molecule has 1 aliphatic heterocycles. The minimum Gasteiger partial charge on any atom is -0.444 e. The Morgan fingerprint density at radius 3 is 2.22 bits per heavy atom. The number of pyridine rings is 1. The van der Waals surface area contributed by atoms with Crippen molar-refractivity contribution < 1.29 is 40.3 Å². The highest BCUT2D eigenvalue weighted by Crippen LogP contribution is 2.38. The highest BCUT2D eigenvalue weighted by atomic mass is 32.2. The highest BCUT2D eigenvalue weighted by Gasteiger charge is 2.40. The van der Waals surface area contributed by atoms with E-state index in [2.05, 4.69) is 20.5 Å². The first-order valence-electron chi connectivity index (χ1n) is 15.5. The van der Waals surface area contributed by atoms with Gasteiger partial charge in [0.1, 0.15) is 17.5 Å². The number of carbonyl (C=O) groups is 2. The van der Waals surface area contributed by atoms with Crippen molar-refractivity contribution in [1.29, 1.82) is 0 Å². The molecule has 1 atom stereocenters. The second-order valence-electron chi connectivity index (χ2n) is 13.9. The molecule has 1 aliphatic rings. The second-order valence-corrected chi connectivity index (χ2v) is 15.9. The highest BCUT2D eigenvalue weighted by molar-refractivity contribution is 7.91. The van der Waals surface area contributed by atoms with Crippen molar-refractivity contribution in [2.75, 3.05) is 10.7 Å². The van der Waals surface area contributed by atoms with Crippen molar-refractivity contribution in [2.24, 2.45) is 0 Å². The summed E-state index contributed by atoms with van der Waals surface area (Å²) in [6.07, 6.45) is -3.50. The fourth-order valence-electron chi connectivity index (χ4n) is 5.20. The molecule has 0 unspecified atom stereocenters. The fraction of sp³-hybridized carbons (Fsp3) is 0.343. The smallest absolute Gasteiger partial charge is 0.417 e. The number of hydrogen-bond acceptors (Lipinski definition) is 8. The molecule has 0 saturated heterocycles. The molecular formula is C35H35F4N5O5S. The van der Waals surface area contributed by atoms with Gasteiger partial charge in [-0.2, -0.15) is 23.4 Å². The monoisotopic (exact) mass is 713 g/mol. The number of rotatable bonds is 5. The summed E-state index contributed by atoms with van der Waals surface area (Å²) in [5.74, 6) is -2.54. The Morgan fingerprint density at radius 2 is 1.64 bits per heavy atom. The number of nitrogens with one attached hydrogen (secondary N) is 1. The Balaban J connectivity index is 1.59. The first-order chi connectivity index (χ1) is 23.1. The van der Waals surface area contributed by atoms with E-state index >= 15 is 4.39 Å². The van der Waals surface area contributed by atoms with E-state index in [9.17, 15) is 31.2 Å². The van der Waals surface area contributed by atoms with Gasteiger partial charge in [-0.25, -0.2) is 17.6 Å². The fourth-order valence-corrected chi connectivity index (χ4v) is 6.82. The maximum Gasteiger partial charge on any atom is 0.417 e. The lowest BCUT2D eigenvalue weighted by Crippen LogP contribution is -2.51. The lowest BCUT2D eigenvalue weighted by Gasteiger charge is -2.27. The van der Waals surface area contributed by atoms with Crippen molar-refractivity contribution in [1.82, 2.24) is 20.5 Å². The molecule has 2 amide bonds. The van der Waals surface area contributed by atoms with Crippen LogP contribution < -0.4 is 10.2 Å². The maximum absolute atomic E-state index is 15.8. The normalized spacial score (nSPS) is 16.4. The Morgan fingerprint density at radius 1 is 0.960 bits per heavy atom. The summed E-state index contributed by atoms with van der Waals surface area (Å²) in [5.41, 5.74) is -0.344. The van der Waals surface area contributed by atoms with Gasteiger partial charge in [-0.1, -0.05) is 45.0 Å². The van der Waals surface area contributed by atoms with Gasteiger partial charge in [-0.05, 0) is 56.7 Å². The molecule has 0 saturated carbocycles. The number of alkyl halides is 3. The van der Waals surface area contributed by atoms with Crippen LogP contribution in [0.2, 0.25) is 0 Å². The molecule has 0 radical (unpaired) electrons. The van der Waals surface area contributed by atoms with E-state index in [0.717, 1.165) is 23.2 Å². The number of alkyl carbamates (subject to hydrolysis) is 1. The maximum atomic E-state index is 15.8. The minimum atomic E-state index is -4.54. The van der Waals surface area contributed by atoms with Crippen molar-refractivity contribution in [3.05, 3.63) is 89.6 Å². The van der Waals surface area contributed by atoms with Crippen molar-refractivity contribution in [2.45, 2.75) is 76.2 Å². The summed E-state index contributed by atoms with van der Waals surface area (Å²) in [4.78, 5) is 31.5.